The first-order valence-corrected chi connectivity index (χ1v) is 8.50. The number of amides is 1. The molecule has 0 saturated heterocycles. The molecule has 0 aliphatic carbocycles. The average Bonchev–Trinajstić information content (AvgIpc) is 2.94. The molecule has 1 aliphatic heterocycles. The molecule has 1 unspecified atom stereocenters. The van der Waals surface area contributed by atoms with E-state index in [1.54, 1.807) is 18.2 Å². The van der Waals surface area contributed by atoms with E-state index in [0.29, 0.717) is 17.4 Å². The second-order valence-electron chi connectivity index (χ2n) is 5.75. The number of anilines is 1. The molecule has 0 spiro atoms. The van der Waals surface area contributed by atoms with Gasteiger partial charge in [-0.3, -0.25) is 4.79 Å². The Balaban J connectivity index is 1.76. The van der Waals surface area contributed by atoms with Crippen LogP contribution >= 0.6 is 11.6 Å². The van der Waals surface area contributed by atoms with E-state index in [1.165, 1.54) is 12.3 Å². The summed E-state index contributed by atoms with van der Waals surface area (Å²) in [7, 11) is 0. The Morgan fingerprint density at radius 3 is 3.04 bits per heavy atom. The molecule has 1 aliphatic rings. The molecule has 0 fully saturated rings. The van der Waals surface area contributed by atoms with Crippen LogP contribution in [0.15, 0.2) is 36.5 Å². The van der Waals surface area contributed by atoms with Crippen molar-refractivity contribution in [1.82, 2.24) is 4.98 Å². The van der Waals surface area contributed by atoms with Crippen molar-refractivity contribution in [3.8, 4) is 11.5 Å². The first-order chi connectivity index (χ1) is 12.0. The maximum Gasteiger partial charge on any atom is 0.249 e. The molecule has 1 aromatic heterocycles. The lowest BCUT2D eigenvalue weighted by atomic mass is 10.1. The molecule has 1 amide bonds. The number of hydrogen-bond donors (Lipinski definition) is 1. The summed E-state index contributed by atoms with van der Waals surface area (Å²) in [6.45, 7) is 4.51. The predicted octanol–water partition coefficient (Wildman–Crippen LogP) is 4.11. The van der Waals surface area contributed by atoms with Crippen LogP contribution < -0.4 is 14.8 Å². The van der Waals surface area contributed by atoms with Gasteiger partial charge in [0.05, 0.1) is 11.6 Å². The number of carbonyl (C=O) groups is 1. The van der Waals surface area contributed by atoms with Gasteiger partial charge in [0.1, 0.15) is 23.4 Å². The summed E-state index contributed by atoms with van der Waals surface area (Å²) in [5, 5.41) is 3.20. The minimum absolute atomic E-state index is 0.156. The minimum atomic E-state index is -0.285. The summed E-state index contributed by atoms with van der Waals surface area (Å²) in [6, 6.07) is 7.21. The summed E-state index contributed by atoms with van der Waals surface area (Å²) in [6.07, 6.45) is 5.65. The van der Waals surface area contributed by atoms with Gasteiger partial charge in [-0.15, -0.1) is 0 Å². The molecule has 0 saturated carbocycles. The number of rotatable bonds is 5. The Bertz CT molecular complexity index is 803. The SMILES string of the molecule is CCOc1cc2c(cc1/C=C/C(=O)Nc1ccc(Cl)cn1)OC(C)C2. The van der Waals surface area contributed by atoms with Crippen LogP contribution in [-0.2, 0) is 11.2 Å². The molecular formula is C19H19ClN2O3. The summed E-state index contributed by atoms with van der Waals surface area (Å²) >= 11 is 5.78. The van der Waals surface area contributed by atoms with Gasteiger partial charge in [0.25, 0.3) is 0 Å². The molecule has 130 valence electrons. The number of nitrogens with one attached hydrogen (secondary N) is 1. The highest BCUT2D eigenvalue weighted by Crippen LogP contribution is 2.35. The number of ether oxygens (including phenoxy) is 2. The second-order valence-corrected chi connectivity index (χ2v) is 6.18. The van der Waals surface area contributed by atoms with E-state index in [0.717, 1.165) is 29.0 Å². The molecule has 5 nitrogen and oxygen atoms in total. The smallest absolute Gasteiger partial charge is 0.249 e. The van der Waals surface area contributed by atoms with Gasteiger partial charge in [0.2, 0.25) is 5.91 Å². The monoisotopic (exact) mass is 358 g/mol. The molecule has 0 radical (unpaired) electrons. The number of fused-ring (bicyclic) bond motifs is 1. The van der Waals surface area contributed by atoms with Crippen molar-refractivity contribution in [2.24, 2.45) is 0 Å². The summed E-state index contributed by atoms with van der Waals surface area (Å²) < 4.78 is 11.5. The fourth-order valence-corrected chi connectivity index (χ4v) is 2.76. The van der Waals surface area contributed by atoms with Crippen molar-refractivity contribution >= 4 is 29.4 Å². The number of pyridine rings is 1. The topological polar surface area (TPSA) is 60.5 Å². The molecule has 25 heavy (non-hydrogen) atoms. The van der Waals surface area contributed by atoms with Crippen LogP contribution in [0.4, 0.5) is 5.82 Å². The van der Waals surface area contributed by atoms with Gasteiger partial charge in [-0.05, 0) is 44.2 Å². The van der Waals surface area contributed by atoms with Gasteiger partial charge >= 0.3 is 0 Å². The quantitative estimate of drug-likeness (QED) is 0.817. The molecule has 2 aromatic rings. The molecule has 6 heteroatoms. The van der Waals surface area contributed by atoms with Gasteiger partial charge in [0.15, 0.2) is 0 Å². The molecule has 2 heterocycles. The number of benzene rings is 1. The first kappa shape index (κ1) is 17.3. The van der Waals surface area contributed by atoms with Gasteiger partial charge in [0, 0.05) is 29.8 Å². The van der Waals surface area contributed by atoms with Crippen LogP contribution in [0.5, 0.6) is 11.5 Å². The third kappa shape index (κ3) is 4.31. The first-order valence-electron chi connectivity index (χ1n) is 8.12. The normalized spacial score (nSPS) is 15.7. The Labute approximate surface area is 151 Å². The Morgan fingerprint density at radius 1 is 1.48 bits per heavy atom. The second kappa shape index (κ2) is 7.57. The van der Waals surface area contributed by atoms with E-state index in [2.05, 4.69) is 10.3 Å². The zero-order valence-corrected chi connectivity index (χ0v) is 14.8. The maximum absolute atomic E-state index is 12.1. The standard InChI is InChI=1S/C19H19ClN2O3/c1-3-24-16-10-14-8-12(2)25-17(14)9-13(16)4-7-19(23)22-18-6-5-15(20)11-21-18/h4-7,9-12H,3,8H2,1-2H3,(H,21,22,23)/b7-4+. The zero-order chi connectivity index (χ0) is 17.8. The average molecular weight is 359 g/mol. The van der Waals surface area contributed by atoms with Crippen LogP contribution in [0.3, 0.4) is 0 Å². The Kier molecular flexibility index (Phi) is 5.24. The lowest BCUT2D eigenvalue weighted by Crippen LogP contribution is -2.08. The highest BCUT2D eigenvalue weighted by atomic mass is 35.5. The Hall–Kier alpha value is -2.53. The van der Waals surface area contributed by atoms with Crippen molar-refractivity contribution in [2.45, 2.75) is 26.4 Å². The fourth-order valence-electron chi connectivity index (χ4n) is 2.65. The maximum atomic E-state index is 12.1. The molecule has 1 atom stereocenters. The number of hydrogen-bond acceptors (Lipinski definition) is 4. The van der Waals surface area contributed by atoms with E-state index in [9.17, 15) is 4.79 Å². The van der Waals surface area contributed by atoms with Crippen LogP contribution in [0.25, 0.3) is 6.08 Å². The molecule has 3 rings (SSSR count). The highest BCUT2D eigenvalue weighted by Gasteiger charge is 2.21. The van der Waals surface area contributed by atoms with Crippen LogP contribution in [-0.4, -0.2) is 23.6 Å². The van der Waals surface area contributed by atoms with Crippen molar-refractivity contribution in [3.05, 3.63) is 52.7 Å². The number of aromatic nitrogens is 1. The zero-order valence-electron chi connectivity index (χ0n) is 14.1. The predicted molar refractivity (Wildman–Crippen MR) is 98.3 cm³/mol. The molecule has 1 N–H and O–H groups in total. The van der Waals surface area contributed by atoms with E-state index in [1.807, 2.05) is 26.0 Å². The molecule has 1 aromatic carbocycles. The third-order valence-electron chi connectivity index (χ3n) is 3.72. The fraction of sp³-hybridized carbons (Fsp3) is 0.263. The van der Waals surface area contributed by atoms with Crippen molar-refractivity contribution in [2.75, 3.05) is 11.9 Å². The van der Waals surface area contributed by atoms with E-state index in [-0.39, 0.29) is 12.0 Å². The van der Waals surface area contributed by atoms with Gasteiger partial charge in [-0.2, -0.15) is 0 Å². The largest absolute Gasteiger partial charge is 0.493 e. The number of nitrogens with zero attached hydrogens (tertiary/aromatic N) is 1. The summed E-state index contributed by atoms with van der Waals surface area (Å²) in [5.41, 5.74) is 1.93. The summed E-state index contributed by atoms with van der Waals surface area (Å²) in [4.78, 5) is 16.1. The van der Waals surface area contributed by atoms with Gasteiger partial charge in [-0.25, -0.2) is 4.98 Å². The minimum Gasteiger partial charge on any atom is -0.493 e. The lowest BCUT2D eigenvalue weighted by molar-refractivity contribution is -0.111. The van der Waals surface area contributed by atoms with Crippen molar-refractivity contribution < 1.29 is 14.3 Å². The summed E-state index contributed by atoms with van der Waals surface area (Å²) in [5.74, 6) is 1.74. The van der Waals surface area contributed by atoms with E-state index in [4.69, 9.17) is 21.1 Å². The lowest BCUT2D eigenvalue weighted by Gasteiger charge is -2.10. The van der Waals surface area contributed by atoms with Crippen molar-refractivity contribution in [3.63, 3.8) is 0 Å². The van der Waals surface area contributed by atoms with Crippen LogP contribution in [0.2, 0.25) is 5.02 Å². The van der Waals surface area contributed by atoms with E-state index < -0.39 is 0 Å². The van der Waals surface area contributed by atoms with Crippen molar-refractivity contribution in [1.29, 1.82) is 0 Å². The number of carbonyl (C=O) groups excluding carboxylic acids is 1. The molecule has 0 bridgehead atoms. The van der Waals surface area contributed by atoms with E-state index >= 15 is 0 Å². The highest BCUT2D eigenvalue weighted by molar-refractivity contribution is 6.30. The number of halogens is 1. The molecular weight excluding hydrogens is 340 g/mol. The van der Waals surface area contributed by atoms with Crippen LogP contribution in [0, 0.1) is 0 Å². The Morgan fingerprint density at radius 2 is 2.32 bits per heavy atom. The van der Waals surface area contributed by atoms with Gasteiger partial charge < -0.3 is 14.8 Å². The third-order valence-corrected chi connectivity index (χ3v) is 3.94. The van der Waals surface area contributed by atoms with Crippen LogP contribution in [0.1, 0.15) is 25.0 Å². The van der Waals surface area contributed by atoms with Gasteiger partial charge in [-0.1, -0.05) is 11.6 Å².